The summed E-state index contributed by atoms with van der Waals surface area (Å²) in [6, 6.07) is 6.72. The van der Waals surface area contributed by atoms with Crippen LogP contribution in [0.5, 0.6) is 17.5 Å². The van der Waals surface area contributed by atoms with Crippen LogP contribution < -0.4 is 19.8 Å². The Morgan fingerprint density at radius 2 is 2.09 bits per heavy atom. The van der Waals surface area contributed by atoms with Gasteiger partial charge in [0.15, 0.2) is 6.10 Å². The Bertz CT molecular complexity index is 760. The molecule has 0 aliphatic carbocycles. The molecule has 6 nitrogen and oxygen atoms in total. The first-order valence-electron chi connectivity index (χ1n) is 6.62. The van der Waals surface area contributed by atoms with Gasteiger partial charge in [-0.05, 0) is 12.1 Å². The summed E-state index contributed by atoms with van der Waals surface area (Å²) in [7, 11) is 0. The zero-order valence-corrected chi connectivity index (χ0v) is 11.6. The molecule has 1 unspecified atom stereocenters. The number of hydrogen-bond acceptors (Lipinski definition) is 5. The van der Waals surface area contributed by atoms with E-state index in [0.717, 1.165) is 6.07 Å². The van der Waals surface area contributed by atoms with E-state index >= 15 is 0 Å². The van der Waals surface area contributed by atoms with Gasteiger partial charge in [-0.15, -0.1) is 13.2 Å². The summed E-state index contributed by atoms with van der Waals surface area (Å²) in [6.07, 6.45) is -3.59. The minimum Gasteiger partial charge on any atom is -0.490 e. The van der Waals surface area contributed by atoms with Crippen molar-refractivity contribution < 1.29 is 27.4 Å². The lowest BCUT2D eigenvalue weighted by Gasteiger charge is -2.13. The fraction of sp³-hybridized carbons (Fsp3) is 0.286. The summed E-state index contributed by atoms with van der Waals surface area (Å²) in [5, 5.41) is 0. The molecule has 2 heterocycles. The van der Waals surface area contributed by atoms with Gasteiger partial charge >= 0.3 is 6.36 Å². The maximum atomic E-state index is 12.2. The second kappa shape index (κ2) is 5.82. The number of alkyl halides is 3. The number of benzene rings is 1. The van der Waals surface area contributed by atoms with Crippen LogP contribution in [0.4, 0.5) is 13.2 Å². The first-order chi connectivity index (χ1) is 10.9. The van der Waals surface area contributed by atoms with E-state index in [0.29, 0.717) is 6.54 Å². The van der Waals surface area contributed by atoms with E-state index in [1.165, 1.54) is 24.3 Å². The molecule has 23 heavy (non-hydrogen) atoms. The normalized spacial score (nSPS) is 16.6. The number of ether oxygens (including phenoxy) is 3. The van der Waals surface area contributed by atoms with E-state index < -0.39 is 18.0 Å². The lowest BCUT2D eigenvalue weighted by molar-refractivity contribution is -0.274. The number of aromatic nitrogens is 2. The Hall–Kier alpha value is -2.71. The first kappa shape index (κ1) is 15.2. The smallest absolute Gasteiger partial charge is 0.490 e. The van der Waals surface area contributed by atoms with Crippen molar-refractivity contribution in [3.8, 4) is 17.5 Å². The van der Waals surface area contributed by atoms with Gasteiger partial charge in [-0.3, -0.25) is 9.36 Å². The molecular weight excluding hydrogens is 317 g/mol. The molecule has 1 aromatic heterocycles. The summed E-state index contributed by atoms with van der Waals surface area (Å²) >= 11 is 0. The van der Waals surface area contributed by atoms with Crippen LogP contribution in [0.15, 0.2) is 41.3 Å². The van der Waals surface area contributed by atoms with Gasteiger partial charge in [-0.2, -0.15) is 4.98 Å². The molecule has 0 spiro atoms. The highest BCUT2D eigenvalue weighted by atomic mass is 19.4. The number of fused-ring (bicyclic) bond motifs is 1. The number of rotatable bonds is 4. The highest BCUT2D eigenvalue weighted by Gasteiger charge is 2.31. The van der Waals surface area contributed by atoms with Gasteiger partial charge in [0.1, 0.15) is 18.1 Å². The molecular formula is C14H11F3N2O4. The van der Waals surface area contributed by atoms with Crippen LogP contribution in [0.3, 0.4) is 0 Å². The summed E-state index contributed by atoms with van der Waals surface area (Å²) in [6.45, 7) is 0.522. The molecule has 9 heteroatoms. The topological polar surface area (TPSA) is 62.6 Å². The van der Waals surface area contributed by atoms with Gasteiger partial charge in [0.2, 0.25) is 0 Å². The summed E-state index contributed by atoms with van der Waals surface area (Å²) in [4.78, 5) is 14.8. The SMILES string of the molecule is O=c1ccn2c(n1)OC(COc1cccc(OC(F)(F)F)c1)C2. The molecule has 0 saturated carbocycles. The van der Waals surface area contributed by atoms with Crippen LogP contribution in [0, 0.1) is 0 Å². The molecule has 1 atom stereocenters. The summed E-state index contributed by atoms with van der Waals surface area (Å²) < 4.78 is 52.8. The molecule has 1 aliphatic rings. The van der Waals surface area contributed by atoms with Gasteiger partial charge in [-0.25, -0.2) is 0 Å². The van der Waals surface area contributed by atoms with Crippen LogP contribution in [-0.4, -0.2) is 28.6 Å². The Kier molecular flexibility index (Phi) is 3.85. The number of halogens is 3. The molecule has 0 fully saturated rings. The summed E-state index contributed by atoms with van der Waals surface area (Å²) in [5.41, 5.74) is -0.408. The van der Waals surface area contributed by atoms with Crippen molar-refractivity contribution in [1.82, 2.24) is 9.55 Å². The van der Waals surface area contributed by atoms with Crippen LogP contribution in [0.2, 0.25) is 0 Å². The largest absolute Gasteiger partial charge is 0.573 e. The molecule has 0 radical (unpaired) electrons. The maximum Gasteiger partial charge on any atom is 0.573 e. The van der Waals surface area contributed by atoms with E-state index in [9.17, 15) is 18.0 Å². The molecule has 0 N–H and O–H groups in total. The van der Waals surface area contributed by atoms with E-state index in [1.54, 1.807) is 10.8 Å². The molecule has 2 aromatic rings. The summed E-state index contributed by atoms with van der Waals surface area (Å²) in [5.74, 6) is -0.147. The Labute approximate surface area is 128 Å². The Morgan fingerprint density at radius 3 is 2.87 bits per heavy atom. The van der Waals surface area contributed by atoms with Crippen molar-refractivity contribution in [3.05, 3.63) is 46.9 Å². The third-order valence-electron chi connectivity index (χ3n) is 3.00. The third kappa shape index (κ3) is 3.93. The van der Waals surface area contributed by atoms with Crippen LogP contribution in [0.1, 0.15) is 0 Å². The molecule has 122 valence electrons. The molecule has 0 saturated heterocycles. The van der Waals surface area contributed by atoms with Crippen molar-refractivity contribution in [3.63, 3.8) is 0 Å². The minimum atomic E-state index is -4.76. The molecule has 3 rings (SSSR count). The molecule has 1 aromatic carbocycles. The zero-order valence-electron chi connectivity index (χ0n) is 11.6. The van der Waals surface area contributed by atoms with E-state index in [1.807, 2.05) is 0 Å². The van der Waals surface area contributed by atoms with Crippen LogP contribution in [-0.2, 0) is 6.54 Å². The average molecular weight is 328 g/mol. The van der Waals surface area contributed by atoms with E-state index in [4.69, 9.17) is 9.47 Å². The van der Waals surface area contributed by atoms with Crippen molar-refractivity contribution >= 4 is 0 Å². The van der Waals surface area contributed by atoms with Gasteiger partial charge < -0.3 is 14.2 Å². The Balaban J connectivity index is 1.59. The molecule has 1 aliphatic heterocycles. The average Bonchev–Trinajstić information content (AvgIpc) is 2.85. The molecule has 0 bridgehead atoms. The highest BCUT2D eigenvalue weighted by Crippen LogP contribution is 2.26. The predicted octanol–water partition coefficient (Wildman–Crippen LogP) is 1.98. The van der Waals surface area contributed by atoms with Crippen molar-refractivity contribution in [2.75, 3.05) is 6.61 Å². The third-order valence-corrected chi connectivity index (χ3v) is 3.00. The number of hydrogen-bond donors (Lipinski definition) is 0. The van der Waals surface area contributed by atoms with Gasteiger partial charge in [0, 0.05) is 18.3 Å². The lowest BCUT2D eigenvalue weighted by Crippen LogP contribution is -2.23. The molecule has 0 amide bonds. The van der Waals surface area contributed by atoms with Gasteiger partial charge in [-0.1, -0.05) is 6.07 Å². The fourth-order valence-electron chi connectivity index (χ4n) is 2.09. The Morgan fingerprint density at radius 1 is 1.30 bits per heavy atom. The second-order valence-corrected chi connectivity index (χ2v) is 4.77. The van der Waals surface area contributed by atoms with Crippen molar-refractivity contribution in [2.24, 2.45) is 0 Å². The predicted molar refractivity (Wildman–Crippen MR) is 71.5 cm³/mol. The second-order valence-electron chi connectivity index (χ2n) is 4.77. The first-order valence-corrected chi connectivity index (χ1v) is 6.62. The minimum absolute atomic E-state index is 0.0903. The van der Waals surface area contributed by atoms with Gasteiger partial charge in [0.25, 0.3) is 11.6 Å². The highest BCUT2D eigenvalue weighted by molar-refractivity contribution is 5.33. The lowest BCUT2D eigenvalue weighted by atomic mass is 10.3. The van der Waals surface area contributed by atoms with E-state index in [2.05, 4.69) is 9.72 Å². The van der Waals surface area contributed by atoms with Crippen molar-refractivity contribution in [1.29, 1.82) is 0 Å². The van der Waals surface area contributed by atoms with E-state index in [-0.39, 0.29) is 24.1 Å². The quantitative estimate of drug-likeness (QED) is 0.859. The van der Waals surface area contributed by atoms with Crippen LogP contribution >= 0.6 is 0 Å². The fourth-order valence-corrected chi connectivity index (χ4v) is 2.09. The maximum absolute atomic E-state index is 12.2. The number of nitrogens with zero attached hydrogens (tertiary/aromatic N) is 2. The zero-order chi connectivity index (χ0) is 16.4. The van der Waals surface area contributed by atoms with Crippen molar-refractivity contribution in [2.45, 2.75) is 19.0 Å². The monoisotopic (exact) mass is 328 g/mol. The standard InChI is InChI=1S/C14H11F3N2O4/c15-14(16,17)23-10-3-1-2-9(6-10)21-8-11-7-19-5-4-12(20)18-13(19)22-11/h1-6,11H,7-8H2. The van der Waals surface area contributed by atoms with Crippen LogP contribution in [0.25, 0.3) is 0 Å². The van der Waals surface area contributed by atoms with Gasteiger partial charge in [0.05, 0.1) is 6.54 Å².